The van der Waals surface area contributed by atoms with Gasteiger partial charge in [0.05, 0.1) is 16.7 Å². The van der Waals surface area contributed by atoms with E-state index < -0.39 is 6.04 Å². The van der Waals surface area contributed by atoms with Crippen molar-refractivity contribution < 1.29 is 14.3 Å². The number of ether oxygens (including phenoxy) is 2. The number of anilines is 2. The van der Waals surface area contributed by atoms with Gasteiger partial charge >= 0.3 is 0 Å². The smallest absolute Gasteiger partial charge is 0.255 e. The largest absolute Gasteiger partial charge is 0.490 e. The van der Waals surface area contributed by atoms with Crippen molar-refractivity contribution in [2.45, 2.75) is 51.3 Å². The molecule has 0 bridgehead atoms. The molecule has 0 fully saturated rings. The number of allylic oxidation sites excluding steroid dienone is 1. The fraction of sp³-hybridized carbons (Fsp3) is 0.216. The molecular formula is C37H35BrClN5O3S. The molecule has 0 saturated heterocycles. The van der Waals surface area contributed by atoms with Crippen LogP contribution < -0.4 is 20.1 Å². The first-order valence-corrected chi connectivity index (χ1v) is 17.7. The van der Waals surface area contributed by atoms with Crippen LogP contribution in [0.5, 0.6) is 11.5 Å². The SMILES string of the molecule is CCOc1cc(C2C(C(=O)Nc3cccc(C)c3)=C(C)Nc3nc(SCc4ccccc4Cl)nn32)cc(Br)c1OCc1ccc(C)cc1. The van der Waals surface area contributed by atoms with Crippen molar-refractivity contribution in [2.24, 2.45) is 0 Å². The lowest BCUT2D eigenvalue weighted by Crippen LogP contribution is -2.31. The highest BCUT2D eigenvalue weighted by atomic mass is 79.9. The monoisotopic (exact) mass is 743 g/mol. The molecule has 1 aromatic heterocycles. The van der Waals surface area contributed by atoms with Crippen molar-refractivity contribution >= 4 is 56.8 Å². The summed E-state index contributed by atoms with van der Waals surface area (Å²) < 4.78 is 14.9. The Kier molecular flexibility index (Phi) is 10.4. The Balaban J connectivity index is 1.39. The number of benzene rings is 4. The van der Waals surface area contributed by atoms with Crippen molar-refractivity contribution in [1.29, 1.82) is 0 Å². The minimum atomic E-state index is -0.630. The maximum Gasteiger partial charge on any atom is 0.255 e. The molecule has 0 radical (unpaired) electrons. The molecule has 1 aliphatic heterocycles. The topological polar surface area (TPSA) is 90.3 Å². The lowest BCUT2D eigenvalue weighted by atomic mass is 9.94. The third kappa shape index (κ3) is 7.56. The third-order valence-corrected chi connectivity index (χ3v) is 9.66. The van der Waals surface area contributed by atoms with Crippen molar-refractivity contribution in [2.75, 3.05) is 17.2 Å². The van der Waals surface area contributed by atoms with E-state index in [-0.39, 0.29) is 5.91 Å². The predicted molar refractivity (Wildman–Crippen MR) is 196 cm³/mol. The molecule has 2 heterocycles. The van der Waals surface area contributed by atoms with Crippen molar-refractivity contribution in [1.82, 2.24) is 14.8 Å². The molecule has 246 valence electrons. The molecule has 8 nitrogen and oxygen atoms in total. The van der Waals surface area contributed by atoms with Crippen molar-refractivity contribution in [3.63, 3.8) is 0 Å². The summed E-state index contributed by atoms with van der Waals surface area (Å²) in [5, 5.41) is 12.6. The Morgan fingerprint density at radius 2 is 1.79 bits per heavy atom. The molecule has 6 rings (SSSR count). The number of nitrogens with zero attached hydrogens (tertiary/aromatic N) is 3. The zero-order chi connectivity index (χ0) is 33.8. The lowest BCUT2D eigenvalue weighted by Gasteiger charge is -2.29. The van der Waals surface area contributed by atoms with Gasteiger partial charge in [0.1, 0.15) is 12.6 Å². The van der Waals surface area contributed by atoms with Gasteiger partial charge in [0.2, 0.25) is 11.1 Å². The van der Waals surface area contributed by atoms with Gasteiger partial charge < -0.3 is 20.1 Å². The Morgan fingerprint density at radius 1 is 1.00 bits per heavy atom. The summed E-state index contributed by atoms with van der Waals surface area (Å²) in [6.45, 7) is 8.65. The number of hydrogen-bond acceptors (Lipinski definition) is 7. The quantitative estimate of drug-likeness (QED) is 0.130. The number of hydrogen-bond donors (Lipinski definition) is 2. The minimum absolute atomic E-state index is 0.254. The van der Waals surface area contributed by atoms with Crippen LogP contribution in [0, 0.1) is 13.8 Å². The van der Waals surface area contributed by atoms with Crippen molar-refractivity contribution in [3.8, 4) is 11.5 Å². The van der Waals surface area contributed by atoms with Crippen LogP contribution in [0.2, 0.25) is 5.02 Å². The highest BCUT2D eigenvalue weighted by molar-refractivity contribution is 9.10. The van der Waals surface area contributed by atoms with Crippen LogP contribution in [0.15, 0.2) is 106 Å². The van der Waals surface area contributed by atoms with Gasteiger partial charge in [-0.05, 0) is 96.2 Å². The second-order valence-electron chi connectivity index (χ2n) is 11.5. The van der Waals surface area contributed by atoms with Gasteiger partial charge in [0, 0.05) is 22.2 Å². The van der Waals surface area contributed by atoms with E-state index in [0.29, 0.717) is 68.0 Å². The zero-order valence-electron chi connectivity index (χ0n) is 27.0. The number of fused-ring (bicyclic) bond motifs is 1. The molecule has 1 atom stereocenters. The molecule has 11 heteroatoms. The Labute approximate surface area is 298 Å². The Morgan fingerprint density at radius 3 is 2.54 bits per heavy atom. The number of nitrogens with one attached hydrogen (secondary N) is 2. The number of amides is 1. The van der Waals surface area contributed by atoms with Crippen LogP contribution >= 0.6 is 39.3 Å². The summed E-state index contributed by atoms with van der Waals surface area (Å²) in [5.41, 5.74) is 6.90. The number of rotatable bonds is 11. The van der Waals surface area contributed by atoms with Crippen LogP contribution in [0.3, 0.4) is 0 Å². The first-order valence-electron chi connectivity index (χ1n) is 15.5. The standard InChI is InChI=1S/C37H35BrClN5O3S/c1-5-46-31-19-27(18-29(38)34(31)47-20-25-15-13-22(2)14-16-25)33-32(35(45)41-28-11-8-9-23(3)17-28)24(4)40-36-42-37(43-44(33)36)48-21-26-10-6-7-12-30(26)39/h6-19,33H,5,20-21H2,1-4H3,(H,41,45)(H,40,42,43). The number of carbonyl (C=O) groups excluding carboxylic acids is 1. The molecule has 4 aromatic carbocycles. The van der Waals surface area contributed by atoms with E-state index in [1.54, 1.807) is 4.68 Å². The normalized spacial score (nSPS) is 13.9. The summed E-state index contributed by atoms with van der Waals surface area (Å²) in [4.78, 5) is 18.9. The highest BCUT2D eigenvalue weighted by Crippen LogP contribution is 2.44. The predicted octanol–water partition coefficient (Wildman–Crippen LogP) is 9.51. The Bertz CT molecular complexity index is 2000. The van der Waals surface area contributed by atoms with E-state index in [1.807, 2.05) is 93.6 Å². The molecule has 1 aliphatic rings. The van der Waals surface area contributed by atoms with E-state index in [1.165, 1.54) is 17.3 Å². The summed E-state index contributed by atoms with van der Waals surface area (Å²) in [6.07, 6.45) is 0. The maximum atomic E-state index is 14.1. The average molecular weight is 745 g/mol. The first-order chi connectivity index (χ1) is 23.2. The molecule has 5 aromatic rings. The van der Waals surface area contributed by atoms with E-state index in [4.69, 9.17) is 31.2 Å². The summed E-state index contributed by atoms with van der Waals surface area (Å²) in [5.74, 6) is 2.00. The van der Waals surface area contributed by atoms with E-state index >= 15 is 0 Å². The number of carbonyl (C=O) groups is 1. The van der Waals surface area contributed by atoms with Crippen LogP contribution in [0.4, 0.5) is 11.6 Å². The molecule has 1 unspecified atom stereocenters. The summed E-state index contributed by atoms with van der Waals surface area (Å²) in [6, 6.07) is 26.9. The summed E-state index contributed by atoms with van der Waals surface area (Å²) >= 11 is 11.7. The third-order valence-electron chi connectivity index (χ3n) is 7.82. The van der Waals surface area contributed by atoms with Gasteiger partial charge in [-0.1, -0.05) is 83.5 Å². The van der Waals surface area contributed by atoms with Gasteiger partial charge in [-0.15, -0.1) is 5.10 Å². The molecule has 2 N–H and O–H groups in total. The van der Waals surface area contributed by atoms with Gasteiger partial charge in [-0.2, -0.15) is 4.98 Å². The van der Waals surface area contributed by atoms with Crippen LogP contribution in [-0.2, 0) is 17.2 Å². The molecule has 0 aliphatic carbocycles. The van der Waals surface area contributed by atoms with E-state index in [0.717, 1.165) is 22.3 Å². The number of aromatic nitrogens is 3. The second kappa shape index (κ2) is 14.9. The Hall–Kier alpha value is -4.25. The van der Waals surface area contributed by atoms with E-state index in [2.05, 4.69) is 45.6 Å². The summed E-state index contributed by atoms with van der Waals surface area (Å²) in [7, 11) is 0. The van der Waals surface area contributed by atoms with Crippen LogP contribution in [0.25, 0.3) is 0 Å². The van der Waals surface area contributed by atoms with Gasteiger partial charge in [-0.25, -0.2) is 4.68 Å². The van der Waals surface area contributed by atoms with E-state index in [9.17, 15) is 4.79 Å². The van der Waals surface area contributed by atoms with Crippen LogP contribution in [0.1, 0.15) is 47.7 Å². The second-order valence-corrected chi connectivity index (χ2v) is 13.7. The molecule has 48 heavy (non-hydrogen) atoms. The first kappa shape index (κ1) is 33.6. The van der Waals surface area contributed by atoms with Crippen molar-refractivity contribution in [3.05, 3.63) is 134 Å². The maximum absolute atomic E-state index is 14.1. The van der Waals surface area contributed by atoms with Crippen LogP contribution in [-0.4, -0.2) is 27.3 Å². The number of thioether (sulfide) groups is 1. The minimum Gasteiger partial charge on any atom is -0.490 e. The molecule has 0 spiro atoms. The van der Waals surface area contributed by atoms with Gasteiger partial charge in [0.25, 0.3) is 5.91 Å². The zero-order valence-corrected chi connectivity index (χ0v) is 30.2. The number of aryl methyl sites for hydroxylation is 2. The van der Waals surface area contributed by atoms with Gasteiger partial charge in [-0.3, -0.25) is 4.79 Å². The average Bonchev–Trinajstić information content (AvgIpc) is 3.46. The highest BCUT2D eigenvalue weighted by Gasteiger charge is 2.35. The molecular weight excluding hydrogens is 710 g/mol. The molecule has 1 amide bonds. The van der Waals surface area contributed by atoms with Gasteiger partial charge in [0.15, 0.2) is 11.5 Å². The lowest BCUT2D eigenvalue weighted by molar-refractivity contribution is -0.113. The molecule has 0 saturated carbocycles. The fourth-order valence-corrected chi connectivity index (χ4v) is 7.15. The number of halogens is 2. The fourth-order valence-electron chi connectivity index (χ4n) is 5.46.